The molecule has 1 aromatic heterocycles. The molecule has 0 saturated carbocycles. The second-order valence-corrected chi connectivity index (χ2v) is 2.86. The van der Waals surface area contributed by atoms with Gasteiger partial charge in [-0.05, 0) is 6.92 Å². The SMILES string of the molecule is Cc1nc(OCC(F)(F)F)ncc1C(=O)O. The number of aromatic nitrogens is 2. The third-order valence-corrected chi connectivity index (χ3v) is 1.55. The number of ether oxygens (including phenoxy) is 1. The normalized spacial score (nSPS) is 11.2. The number of aromatic carboxylic acids is 1. The van der Waals surface area contributed by atoms with Gasteiger partial charge in [0.25, 0.3) is 0 Å². The van der Waals surface area contributed by atoms with Crippen LogP contribution in [0.3, 0.4) is 0 Å². The zero-order valence-corrected chi connectivity index (χ0v) is 8.08. The molecular formula is C8H7F3N2O3. The van der Waals surface area contributed by atoms with E-state index in [9.17, 15) is 18.0 Å². The first-order valence-electron chi connectivity index (χ1n) is 4.06. The maximum atomic E-state index is 11.8. The van der Waals surface area contributed by atoms with Gasteiger partial charge in [-0.3, -0.25) is 0 Å². The van der Waals surface area contributed by atoms with Crippen LogP contribution in [-0.4, -0.2) is 33.8 Å². The molecule has 0 aromatic carbocycles. The highest BCUT2D eigenvalue weighted by Gasteiger charge is 2.29. The summed E-state index contributed by atoms with van der Waals surface area (Å²) in [4.78, 5) is 17.4. The molecule has 0 radical (unpaired) electrons. The third-order valence-electron chi connectivity index (χ3n) is 1.55. The highest BCUT2D eigenvalue weighted by atomic mass is 19.4. The van der Waals surface area contributed by atoms with Crippen LogP contribution in [0, 0.1) is 6.92 Å². The molecule has 0 spiro atoms. The van der Waals surface area contributed by atoms with Crippen molar-refractivity contribution in [3.63, 3.8) is 0 Å². The average molecular weight is 236 g/mol. The number of aryl methyl sites for hydroxylation is 1. The molecule has 88 valence electrons. The minimum atomic E-state index is -4.48. The molecule has 0 aliphatic carbocycles. The maximum absolute atomic E-state index is 11.8. The highest BCUT2D eigenvalue weighted by molar-refractivity contribution is 5.88. The number of carboxylic acid groups (broad SMARTS) is 1. The smallest absolute Gasteiger partial charge is 0.422 e. The van der Waals surface area contributed by atoms with Crippen LogP contribution in [0.5, 0.6) is 6.01 Å². The Morgan fingerprint density at radius 3 is 2.62 bits per heavy atom. The zero-order chi connectivity index (χ0) is 12.3. The van der Waals surface area contributed by atoms with E-state index >= 15 is 0 Å². The van der Waals surface area contributed by atoms with E-state index in [0.717, 1.165) is 6.20 Å². The molecule has 1 aromatic rings. The van der Waals surface area contributed by atoms with Gasteiger partial charge >= 0.3 is 18.2 Å². The van der Waals surface area contributed by atoms with E-state index < -0.39 is 24.8 Å². The number of nitrogens with zero attached hydrogens (tertiary/aromatic N) is 2. The summed E-state index contributed by atoms with van der Waals surface area (Å²) in [5, 5.41) is 8.61. The molecule has 0 aliphatic rings. The lowest BCUT2D eigenvalue weighted by Gasteiger charge is -2.08. The molecule has 5 nitrogen and oxygen atoms in total. The number of alkyl halides is 3. The maximum Gasteiger partial charge on any atom is 0.422 e. The second kappa shape index (κ2) is 4.33. The van der Waals surface area contributed by atoms with Crippen LogP contribution in [0.4, 0.5) is 13.2 Å². The number of hydrogen-bond acceptors (Lipinski definition) is 4. The van der Waals surface area contributed by atoms with Crippen molar-refractivity contribution in [1.82, 2.24) is 9.97 Å². The van der Waals surface area contributed by atoms with Gasteiger partial charge in [0, 0.05) is 6.20 Å². The summed E-state index contributed by atoms with van der Waals surface area (Å²) in [5.74, 6) is -1.25. The number of hydrogen-bond donors (Lipinski definition) is 1. The van der Waals surface area contributed by atoms with Gasteiger partial charge in [-0.15, -0.1) is 0 Å². The van der Waals surface area contributed by atoms with Gasteiger partial charge in [0.1, 0.15) is 0 Å². The molecule has 0 amide bonds. The van der Waals surface area contributed by atoms with Crippen molar-refractivity contribution in [2.75, 3.05) is 6.61 Å². The van der Waals surface area contributed by atoms with Crippen molar-refractivity contribution in [2.24, 2.45) is 0 Å². The first-order chi connectivity index (χ1) is 7.29. The summed E-state index contributed by atoms with van der Waals surface area (Å²) in [6.07, 6.45) is -3.58. The summed E-state index contributed by atoms with van der Waals surface area (Å²) >= 11 is 0. The standard InChI is InChI=1S/C8H7F3N2O3/c1-4-5(6(14)15)2-12-7(13-4)16-3-8(9,10)11/h2H,3H2,1H3,(H,14,15). The molecule has 0 unspecified atom stereocenters. The molecule has 8 heteroatoms. The first kappa shape index (κ1) is 12.2. The number of carbonyl (C=O) groups is 1. The summed E-state index contributed by atoms with van der Waals surface area (Å²) in [5.41, 5.74) is -0.140. The van der Waals surface area contributed by atoms with Gasteiger partial charge in [-0.1, -0.05) is 0 Å². The minimum absolute atomic E-state index is 0.0414. The highest BCUT2D eigenvalue weighted by Crippen LogP contribution is 2.16. The lowest BCUT2D eigenvalue weighted by Crippen LogP contribution is -2.20. The molecule has 0 bridgehead atoms. The Kier molecular flexibility index (Phi) is 3.31. The van der Waals surface area contributed by atoms with Gasteiger partial charge in [0.2, 0.25) is 0 Å². The molecule has 16 heavy (non-hydrogen) atoms. The van der Waals surface area contributed by atoms with E-state index in [1.807, 2.05) is 0 Å². The van der Waals surface area contributed by atoms with E-state index in [1.54, 1.807) is 0 Å². The molecule has 0 atom stereocenters. The lowest BCUT2D eigenvalue weighted by atomic mass is 10.2. The predicted octanol–water partition coefficient (Wildman–Crippen LogP) is 1.42. The largest absolute Gasteiger partial charge is 0.478 e. The monoisotopic (exact) mass is 236 g/mol. The number of halogens is 3. The molecule has 0 saturated heterocycles. The molecule has 0 aliphatic heterocycles. The quantitative estimate of drug-likeness (QED) is 0.859. The molecule has 1 N–H and O–H groups in total. The van der Waals surface area contributed by atoms with Gasteiger partial charge in [-0.2, -0.15) is 18.2 Å². The van der Waals surface area contributed by atoms with Crippen LogP contribution in [0.15, 0.2) is 6.20 Å². The zero-order valence-electron chi connectivity index (χ0n) is 8.08. The Balaban J connectivity index is 2.78. The Bertz CT molecular complexity index is 406. The Hall–Kier alpha value is -1.86. The molecule has 0 fully saturated rings. The Morgan fingerprint density at radius 2 is 2.19 bits per heavy atom. The van der Waals surface area contributed by atoms with Gasteiger partial charge in [0.05, 0.1) is 11.3 Å². The predicted molar refractivity (Wildman–Crippen MR) is 45.3 cm³/mol. The Labute approximate surface area is 87.9 Å². The fourth-order valence-corrected chi connectivity index (χ4v) is 0.872. The van der Waals surface area contributed by atoms with E-state index in [0.29, 0.717) is 0 Å². The second-order valence-electron chi connectivity index (χ2n) is 2.86. The van der Waals surface area contributed by atoms with E-state index in [-0.39, 0.29) is 11.3 Å². The molecule has 1 rings (SSSR count). The van der Waals surface area contributed by atoms with Crippen molar-refractivity contribution in [3.8, 4) is 6.01 Å². The topological polar surface area (TPSA) is 72.3 Å². The van der Waals surface area contributed by atoms with Gasteiger partial charge in [0.15, 0.2) is 6.61 Å². The van der Waals surface area contributed by atoms with Crippen LogP contribution in [0.2, 0.25) is 0 Å². The molecule has 1 heterocycles. The fraction of sp³-hybridized carbons (Fsp3) is 0.375. The Morgan fingerprint density at radius 1 is 1.56 bits per heavy atom. The van der Waals surface area contributed by atoms with Crippen molar-refractivity contribution in [3.05, 3.63) is 17.5 Å². The van der Waals surface area contributed by atoms with Crippen LogP contribution >= 0.6 is 0 Å². The van der Waals surface area contributed by atoms with Gasteiger partial charge in [-0.25, -0.2) is 9.78 Å². The number of rotatable bonds is 3. The fourth-order valence-electron chi connectivity index (χ4n) is 0.872. The van der Waals surface area contributed by atoms with Crippen molar-refractivity contribution in [2.45, 2.75) is 13.1 Å². The van der Waals surface area contributed by atoms with Crippen molar-refractivity contribution >= 4 is 5.97 Å². The van der Waals surface area contributed by atoms with E-state index in [4.69, 9.17) is 5.11 Å². The first-order valence-corrected chi connectivity index (χ1v) is 4.06. The van der Waals surface area contributed by atoms with Crippen molar-refractivity contribution < 1.29 is 27.8 Å². The van der Waals surface area contributed by atoms with Crippen LogP contribution < -0.4 is 4.74 Å². The van der Waals surface area contributed by atoms with Crippen LogP contribution in [-0.2, 0) is 0 Å². The van der Waals surface area contributed by atoms with Crippen LogP contribution in [0.1, 0.15) is 16.1 Å². The van der Waals surface area contributed by atoms with Crippen LogP contribution in [0.25, 0.3) is 0 Å². The number of carboxylic acids is 1. The van der Waals surface area contributed by atoms with E-state index in [1.165, 1.54) is 6.92 Å². The summed E-state index contributed by atoms with van der Waals surface area (Å²) in [6.45, 7) is -0.176. The average Bonchev–Trinajstić information content (AvgIpc) is 2.13. The van der Waals surface area contributed by atoms with Crippen molar-refractivity contribution in [1.29, 1.82) is 0 Å². The minimum Gasteiger partial charge on any atom is -0.478 e. The van der Waals surface area contributed by atoms with E-state index in [2.05, 4.69) is 14.7 Å². The summed E-state index contributed by atoms with van der Waals surface area (Å²) in [7, 11) is 0. The van der Waals surface area contributed by atoms with Gasteiger partial charge < -0.3 is 9.84 Å². The lowest BCUT2D eigenvalue weighted by molar-refractivity contribution is -0.154. The summed E-state index contributed by atoms with van der Waals surface area (Å²) in [6, 6.07) is -0.500. The summed E-state index contributed by atoms with van der Waals surface area (Å²) < 4.78 is 39.6. The third kappa shape index (κ3) is 3.37. The molecular weight excluding hydrogens is 229 g/mol.